The second-order valence-electron chi connectivity index (χ2n) is 7.08. The Hall–Kier alpha value is -1.40. The lowest BCUT2D eigenvalue weighted by atomic mass is 10.1. The quantitative estimate of drug-likeness (QED) is 0.177. The Labute approximate surface area is 175 Å². The van der Waals surface area contributed by atoms with Crippen LogP contribution in [0.4, 0.5) is 0 Å². The zero-order chi connectivity index (χ0) is 20.4. The van der Waals surface area contributed by atoms with Crippen LogP contribution < -0.4 is 5.63 Å². The molecule has 2 aromatic rings. The summed E-state index contributed by atoms with van der Waals surface area (Å²) in [5.41, 5.74) is 0.381. The van der Waals surface area contributed by atoms with Crippen LogP contribution in [0.2, 0.25) is 0 Å². The molecule has 0 spiro atoms. The van der Waals surface area contributed by atoms with Gasteiger partial charge in [0.2, 0.25) is 0 Å². The average Bonchev–Trinajstić information content (AvgIpc) is 2.68. The van der Waals surface area contributed by atoms with Crippen LogP contribution in [-0.2, 0) is 9.53 Å². The number of hydrogen-bond acceptors (Lipinski definition) is 6. The molecular formula is C22H30O4S2. The maximum absolute atomic E-state index is 11.8. The molecule has 0 radical (unpaired) electrons. The molecule has 1 aromatic heterocycles. The Balaban J connectivity index is 1.65. The highest BCUT2D eigenvalue weighted by molar-refractivity contribution is 7.99. The van der Waals surface area contributed by atoms with E-state index in [1.54, 1.807) is 29.6 Å². The van der Waals surface area contributed by atoms with E-state index in [0.29, 0.717) is 12.2 Å². The van der Waals surface area contributed by atoms with Crippen LogP contribution in [0.3, 0.4) is 0 Å². The molecule has 0 aliphatic heterocycles. The molecule has 2 rings (SSSR count). The van der Waals surface area contributed by atoms with Gasteiger partial charge in [-0.1, -0.05) is 39.5 Å². The number of rotatable bonds is 12. The predicted octanol–water partition coefficient (Wildman–Crippen LogP) is 6.15. The number of thioether (sulfide) groups is 2. The van der Waals surface area contributed by atoms with E-state index >= 15 is 0 Å². The summed E-state index contributed by atoms with van der Waals surface area (Å²) in [6.07, 6.45) is 8.70. The molecule has 0 saturated carbocycles. The number of carbonyl (C=O) groups is 1. The fourth-order valence-electron chi connectivity index (χ4n) is 2.79. The Kier molecular flexibility index (Phi) is 9.99. The van der Waals surface area contributed by atoms with Crippen molar-refractivity contribution >= 4 is 40.5 Å². The van der Waals surface area contributed by atoms with Crippen LogP contribution in [0.1, 0.15) is 52.4 Å². The Bertz CT molecular complexity index is 814. The molecule has 0 aliphatic carbocycles. The number of carbonyl (C=O) groups excluding carboxylic acids is 1. The lowest BCUT2D eigenvalue weighted by Gasteiger charge is -2.07. The number of fused-ring (bicyclic) bond motifs is 1. The summed E-state index contributed by atoms with van der Waals surface area (Å²) in [6, 6.07) is 7.64. The summed E-state index contributed by atoms with van der Waals surface area (Å²) < 4.78 is 10.5. The first-order chi connectivity index (χ1) is 13.5. The molecule has 154 valence electrons. The first-order valence-corrected chi connectivity index (χ1v) is 12.1. The smallest absolute Gasteiger partial charge is 0.337 e. The second-order valence-corrected chi connectivity index (χ2v) is 9.10. The summed E-state index contributed by atoms with van der Waals surface area (Å²) >= 11 is 3.37. The maximum atomic E-state index is 11.8. The first-order valence-electron chi connectivity index (χ1n) is 9.92. The van der Waals surface area contributed by atoms with Gasteiger partial charge in [0.1, 0.15) is 5.58 Å². The van der Waals surface area contributed by atoms with E-state index in [2.05, 4.69) is 6.07 Å². The number of unbranched alkanes of at least 4 members (excludes halogenated alkanes) is 5. The van der Waals surface area contributed by atoms with Crippen molar-refractivity contribution < 1.29 is 13.9 Å². The van der Waals surface area contributed by atoms with Gasteiger partial charge in [0.25, 0.3) is 0 Å². The summed E-state index contributed by atoms with van der Waals surface area (Å²) in [5.74, 6) is 0.844. The normalized spacial score (nSPS) is 11.3. The van der Waals surface area contributed by atoms with Gasteiger partial charge in [-0.3, -0.25) is 4.79 Å². The minimum absolute atomic E-state index is 0.0433. The van der Waals surface area contributed by atoms with Crippen LogP contribution in [-0.4, -0.2) is 24.6 Å². The highest BCUT2D eigenvalue weighted by atomic mass is 32.2. The summed E-state index contributed by atoms with van der Waals surface area (Å²) in [7, 11) is 0. The van der Waals surface area contributed by atoms with Crippen LogP contribution in [0.25, 0.3) is 11.0 Å². The maximum Gasteiger partial charge on any atom is 0.337 e. The lowest BCUT2D eigenvalue weighted by Crippen LogP contribution is -2.12. The van der Waals surface area contributed by atoms with Gasteiger partial charge in [-0.05, 0) is 43.0 Å². The number of benzene rings is 1. The minimum Gasteiger partial charge on any atom is -0.465 e. The molecule has 0 fully saturated rings. The van der Waals surface area contributed by atoms with Gasteiger partial charge < -0.3 is 9.15 Å². The van der Waals surface area contributed by atoms with Gasteiger partial charge in [0.15, 0.2) is 0 Å². The highest BCUT2D eigenvalue weighted by Gasteiger charge is 2.08. The van der Waals surface area contributed by atoms with Crippen molar-refractivity contribution in [3.05, 3.63) is 34.7 Å². The standard InChI is InChI=1S/C22H30O4S2/c1-16(2)22(24)25-12-8-6-4-5-7-9-13-28-20-15-21(23)26-19-14-17(27-3)10-11-18(19)20/h10-11,14-16H,4-9,12-13H2,1-3H3. The van der Waals surface area contributed by atoms with E-state index < -0.39 is 0 Å². The van der Waals surface area contributed by atoms with E-state index in [1.807, 2.05) is 32.2 Å². The Morgan fingerprint density at radius 3 is 2.50 bits per heavy atom. The molecule has 4 nitrogen and oxygen atoms in total. The molecule has 0 bridgehead atoms. The predicted molar refractivity (Wildman–Crippen MR) is 118 cm³/mol. The summed E-state index contributed by atoms with van der Waals surface area (Å²) in [4.78, 5) is 25.3. The van der Waals surface area contributed by atoms with E-state index in [4.69, 9.17) is 9.15 Å². The van der Waals surface area contributed by atoms with Crippen LogP contribution >= 0.6 is 23.5 Å². The monoisotopic (exact) mass is 422 g/mol. The van der Waals surface area contributed by atoms with Crippen LogP contribution in [0.15, 0.2) is 43.3 Å². The summed E-state index contributed by atoms with van der Waals surface area (Å²) in [5, 5.41) is 1.01. The van der Waals surface area contributed by atoms with Gasteiger partial charge in [0.05, 0.1) is 12.5 Å². The molecule has 0 aliphatic rings. The van der Waals surface area contributed by atoms with Crippen molar-refractivity contribution in [2.24, 2.45) is 5.92 Å². The van der Waals surface area contributed by atoms with Gasteiger partial charge in [-0.15, -0.1) is 23.5 Å². The van der Waals surface area contributed by atoms with Crippen molar-refractivity contribution in [2.75, 3.05) is 18.6 Å². The van der Waals surface area contributed by atoms with Crippen molar-refractivity contribution in [1.29, 1.82) is 0 Å². The van der Waals surface area contributed by atoms with Gasteiger partial charge in [-0.25, -0.2) is 4.79 Å². The third-order valence-corrected chi connectivity index (χ3v) is 6.29. The average molecular weight is 423 g/mol. The molecule has 0 N–H and O–H groups in total. The zero-order valence-electron chi connectivity index (χ0n) is 17.0. The van der Waals surface area contributed by atoms with Crippen LogP contribution in [0, 0.1) is 5.92 Å². The fourth-order valence-corrected chi connectivity index (χ4v) is 4.29. The van der Waals surface area contributed by atoms with E-state index in [-0.39, 0.29) is 17.5 Å². The molecule has 0 atom stereocenters. The number of esters is 1. The number of hydrogen-bond donors (Lipinski definition) is 0. The van der Waals surface area contributed by atoms with E-state index in [1.165, 1.54) is 19.3 Å². The van der Waals surface area contributed by atoms with Crippen molar-refractivity contribution in [3.8, 4) is 0 Å². The Morgan fingerprint density at radius 1 is 1.07 bits per heavy atom. The van der Waals surface area contributed by atoms with Crippen LogP contribution in [0.5, 0.6) is 0 Å². The lowest BCUT2D eigenvalue weighted by molar-refractivity contribution is -0.147. The van der Waals surface area contributed by atoms with Crippen molar-refractivity contribution in [2.45, 2.75) is 62.2 Å². The number of ether oxygens (including phenoxy) is 1. The zero-order valence-corrected chi connectivity index (χ0v) is 18.6. The van der Waals surface area contributed by atoms with E-state index in [0.717, 1.165) is 40.2 Å². The topological polar surface area (TPSA) is 56.5 Å². The fraction of sp³-hybridized carbons (Fsp3) is 0.545. The molecule has 0 amide bonds. The molecule has 1 heterocycles. The largest absolute Gasteiger partial charge is 0.465 e. The second kappa shape index (κ2) is 12.2. The third kappa shape index (κ3) is 7.55. The van der Waals surface area contributed by atoms with Gasteiger partial charge in [-0.2, -0.15) is 0 Å². The van der Waals surface area contributed by atoms with Gasteiger partial charge in [0, 0.05) is 21.2 Å². The molecule has 28 heavy (non-hydrogen) atoms. The molecule has 1 aromatic carbocycles. The Morgan fingerprint density at radius 2 is 1.79 bits per heavy atom. The molecule has 0 unspecified atom stereocenters. The van der Waals surface area contributed by atoms with E-state index in [9.17, 15) is 9.59 Å². The molecular weight excluding hydrogens is 392 g/mol. The van der Waals surface area contributed by atoms with Crippen molar-refractivity contribution in [1.82, 2.24) is 0 Å². The summed E-state index contributed by atoms with van der Waals surface area (Å²) in [6.45, 7) is 4.24. The molecule has 6 heteroatoms. The highest BCUT2D eigenvalue weighted by Crippen LogP contribution is 2.29. The minimum atomic E-state index is -0.286. The van der Waals surface area contributed by atoms with Gasteiger partial charge >= 0.3 is 11.6 Å². The third-order valence-electron chi connectivity index (χ3n) is 4.43. The first kappa shape index (κ1) is 22.9. The van der Waals surface area contributed by atoms with Crippen molar-refractivity contribution in [3.63, 3.8) is 0 Å². The SMILES string of the molecule is CSc1ccc2c(SCCCCCCCCOC(=O)C(C)C)cc(=O)oc2c1. The molecule has 0 saturated heterocycles.